The van der Waals surface area contributed by atoms with E-state index < -0.39 is 0 Å². The Labute approximate surface area is 93.8 Å². The van der Waals surface area contributed by atoms with Crippen LogP contribution in [0.1, 0.15) is 44.9 Å². The molecule has 88 valence electrons. The lowest BCUT2D eigenvalue weighted by Gasteiger charge is -2.25. The van der Waals surface area contributed by atoms with Crippen LogP contribution >= 0.6 is 0 Å². The minimum absolute atomic E-state index is 0.636. The molecule has 1 N–H and O–H groups in total. The third-order valence-electron chi connectivity index (χ3n) is 3.93. The maximum Gasteiger partial charge on any atom is 0.0618 e. The van der Waals surface area contributed by atoms with Crippen molar-refractivity contribution in [2.24, 2.45) is 11.8 Å². The zero-order chi connectivity index (χ0) is 10.5. The molecule has 0 bridgehead atoms. The highest BCUT2D eigenvalue weighted by molar-refractivity contribution is 4.87. The van der Waals surface area contributed by atoms with E-state index in [0.29, 0.717) is 6.04 Å². The molecular formula is C13H25NO. The molecule has 0 spiro atoms. The van der Waals surface area contributed by atoms with Crippen molar-refractivity contribution in [2.45, 2.75) is 51.0 Å². The van der Waals surface area contributed by atoms with Crippen LogP contribution < -0.4 is 5.32 Å². The van der Waals surface area contributed by atoms with Gasteiger partial charge in [-0.05, 0) is 44.1 Å². The topological polar surface area (TPSA) is 21.3 Å². The Bertz CT molecular complexity index is 173. The largest absolute Gasteiger partial charge is 0.383 e. The van der Waals surface area contributed by atoms with E-state index in [1.807, 2.05) is 7.11 Å². The van der Waals surface area contributed by atoms with Gasteiger partial charge in [-0.1, -0.05) is 19.3 Å². The van der Waals surface area contributed by atoms with Crippen LogP contribution in [0.3, 0.4) is 0 Å². The molecule has 0 aromatic heterocycles. The first kappa shape index (κ1) is 11.4. The highest BCUT2D eigenvalue weighted by atomic mass is 16.5. The highest BCUT2D eigenvalue weighted by Gasteiger charge is 2.31. The van der Waals surface area contributed by atoms with Gasteiger partial charge in [0.05, 0.1) is 6.61 Å². The molecule has 0 aliphatic heterocycles. The van der Waals surface area contributed by atoms with Crippen molar-refractivity contribution in [3.05, 3.63) is 0 Å². The summed E-state index contributed by atoms with van der Waals surface area (Å²) in [6.07, 6.45) is 10.1. The quantitative estimate of drug-likeness (QED) is 0.729. The summed E-state index contributed by atoms with van der Waals surface area (Å²) in [5.74, 6) is 1.85. The van der Waals surface area contributed by atoms with Crippen molar-refractivity contribution in [1.82, 2.24) is 5.32 Å². The summed E-state index contributed by atoms with van der Waals surface area (Å²) >= 11 is 0. The van der Waals surface area contributed by atoms with E-state index in [4.69, 9.17) is 4.74 Å². The van der Waals surface area contributed by atoms with Gasteiger partial charge in [-0.25, -0.2) is 0 Å². The molecule has 0 saturated heterocycles. The van der Waals surface area contributed by atoms with E-state index in [1.165, 1.54) is 51.5 Å². The van der Waals surface area contributed by atoms with Gasteiger partial charge < -0.3 is 10.1 Å². The average molecular weight is 211 g/mol. The third kappa shape index (κ3) is 3.76. The van der Waals surface area contributed by atoms with Gasteiger partial charge in [0, 0.05) is 13.2 Å². The van der Waals surface area contributed by atoms with Crippen LogP contribution in [-0.2, 0) is 4.74 Å². The minimum Gasteiger partial charge on any atom is -0.383 e. The Morgan fingerprint density at radius 1 is 1.13 bits per heavy atom. The molecule has 0 heterocycles. The summed E-state index contributed by atoms with van der Waals surface area (Å²) in [4.78, 5) is 0. The average Bonchev–Trinajstić information content (AvgIpc) is 3.09. The van der Waals surface area contributed by atoms with Crippen molar-refractivity contribution in [3.8, 4) is 0 Å². The fraction of sp³-hybridized carbons (Fsp3) is 1.00. The Morgan fingerprint density at radius 3 is 2.47 bits per heavy atom. The molecule has 15 heavy (non-hydrogen) atoms. The summed E-state index contributed by atoms with van der Waals surface area (Å²) in [5, 5.41) is 3.73. The molecule has 2 aliphatic carbocycles. The Morgan fingerprint density at radius 2 is 1.87 bits per heavy atom. The molecule has 1 unspecified atom stereocenters. The molecule has 1 atom stereocenters. The SMILES string of the molecule is COCC(NCC1CCCCC1)C1CC1. The van der Waals surface area contributed by atoms with Gasteiger partial charge in [-0.15, -0.1) is 0 Å². The molecule has 2 fully saturated rings. The Kier molecular flexibility index (Phi) is 4.45. The molecule has 2 nitrogen and oxygen atoms in total. The molecule has 2 rings (SSSR count). The zero-order valence-corrected chi connectivity index (χ0v) is 10.0. The molecule has 0 aromatic carbocycles. The zero-order valence-electron chi connectivity index (χ0n) is 10.0. The van der Waals surface area contributed by atoms with E-state index >= 15 is 0 Å². The number of methoxy groups -OCH3 is 1. The van der Waals surface area contributed by atoms with E-state index in [1.54, 1.807) is 0 Å². The first-order chi connectivity index (χ1) is 7.40. The third-order valence-corrected chi connectivity index (χ3v) is 3.93. The van der Waals surface area contributed by atoms with E-state index in [0.717, 1.165) is 18.4 Å². The molecule has 0 radical (unpaired) electrons. The van der Waals surface area contributed by atoms with Crippen molar-refractivity contribution in [1.29, 1.82) is 0 Å². The molecule has 2 heteroatoms. The molecule has 2 aliphatic rings. The van der Waals surface area contributed by atoms with E-state index in [9.17, 15) is 0 Å². The van der Waals surface area contributed by atoms with Crippen molar-refractivity contribution >= 4 is 0 Å². The number of hydrogen-bond acceptors (Lipinski definition) is 2. The summed E-state index contributed by atoms with van der Waals surface area (Å²) in [7, 11) is 1.82. The summed E-state index contributed by atoms with van der Waals surface area (Å²) < 4.78 is 5.28. The van der Waals surface area contributed by atoms with Gasteiger partial charge in [0.2, 0.25) is 0 Å². The lowest BCUT2D eigenvalue weighted by atomic mass is 9.89. The van der Waals surface area contributed by atoms with Crippen LogP contribution in [0, 0.1) is 11.8 Å². The predicted octanol–water partition coefficient (Wildman–Crippen LogP) is 2.58. The number of hydrogen-bond donors (Lipinski definition) is 1. The van der Waals surface area contributed by atoms with Crippen LogP contribution in [-0.4, -0.2) is 26.3 Å². The van der Waals surface area contributed by atoms with Gasteiger partial charge in [0.1, 0.15) is 0 Å². The highest BCUT2D eigenvalue weighted by Crippen LogP contribution is 2.33. The molecule has 2 saturated carbocycles. The summed E-state index contributed by atoms with van der Waals surface area (Å²) in [5.41, 5.74) is 0. The maximum absolute atomic E-state index is 5.28. The minimum atomic E-state index is 0.636. The predicted molar refractivity (Wildman–Crippen MR) is 63.0 cm³/mol. The van der Waals surface area contributed by atoms with E-state index in [2.05, 4.69) is 5.32 Å². The Balaban J connectivity index is 1.65. The Hall–Kier alpha value is -0.0800. The number of rotatable bonds is 6. The van der Waals surface area contributed by atoms with Crippen LogP contribution in [0.4, 0.5) is 0 Å². The second-order valence-electron chi connectivity index (χ2n) is 5.31. The molecule has 0 amide bonds. The van der Waals surface area contributed by atoms with Crippen LogP contribution in [0.15, 0.2) is 0 Å². The van der Waals surface area contributed by atoms with Crippen LogP contribution in [0.2, 0.25) is 0 Å². The lowest BCUT2D eigenvalue weighted by Crippen LogP contribution is -2.38. The van der Waals surface area contributed by atoms with Gasteiger partial charge in [-0.3, -0.25) is 0 Å². The van der Waals surface area contributed by atoms with Gasteiger partial charge in [-0.2, -0.15) is 0 Å². The monoisotopic (exact) mass is 211 g/mol. The smallest absolute Gasteiger partial charge is 0.0618 e. The van der Waals surface area contributed by atoms with Crippen molar-refractivity contribution < 1.29 is 4.74 Å². The summed E-state index contributed by atoms with van der Waals surface area (Å²) in [6.45, 7) is 2.13. The summed E-state index contributed by atoms with van der Waals surface area (Å²) in [6, 6.07) is 0.636. The van der Waals surface area contributed by atoms with Gasteiger partial charge in [0.15, 0.2) is 0 Å². The second-order valence-corrected chi connectivity index (χ2v) is 5.31. The molecule has 0 aromatic rings. The lowest BCUT2D eigenvalue weighted by molar-refractivity contribution is 0.153. The first-order valence-electron chi connectivity index (χ1n) is 6.62. The number of nitrogens with one attached hydrogen (secondary N) is 1. The van der Waals surface area contributed by atoms with Crippen molar-refractivity contribution in [3.63, 3.8) is 0 Å². The fourth-order valence-corrected chi connectivity index (χ4v) is 2.75. The standard InChI is InChI=1S/C13H25NO/c1-15-10-13(12-7-8-12)14-9-11-5-3-2-4-6-11/h11-14H,2-10H2,1H3. The van der Waals surface area contributed by atoms with Crippen LogP contribution in [0.25, 0.3) is 0 Å². The normalized spacial score (nSPS) is 25.4. The van der Waals surface area contributed by atoms with Gasteiger partial charge >= 0.3 is 0 Å². The van der Waals surface area contributed by atoms with Gasteiger partial charge in [0.25, 0.3) is 0 Å². The number of ether oxygens (including phenoxy) is 1. The first-order valence-corrected chi connectivity index (χ1v) is 6.62. The molecular weight excluding hydrogens is 186 g/mol. The van der Waals surface area contributed by atoms with E-state index in [-0.39, 0.29) is 0 Å². The van der Waals surface area contributed by atoms with Crippen LogP contribution in [0.5, 0.6) is 0 Å². The maximum atomic E-state index is 5.28. The fourth-order valence-electron chi connectivity index (χ4n) is 2.75. The van der Waals surface area contributed by atoms with Crippen molar-refractivity contribution in [2.75, 3.05) is 20.3 Å². The second kappa shape index (κ2) is 5.86.